The SMILES string of the molecule is CCN(C)CCc1ccc(C(=O)O)c(N)c1N. The van der Waals surface area contributed by atoms with E-state index in [2.05, 4.69) is 11.8 Å². The highest BCUT2D eigenvalue weighted by atomic mass is 16.4. The van der Waals surface area contributed by atoms with Gasteiger partial charge in [-0.3, -0.25) is 0 Å². The topological polar surface area (TPSA) is 92.6 Å². The second-order valence-corrected chi connectivity index (χ2v) is 4.05. The van der Waals surface area contributed by atoms with Crippen LogP contribution in [-0.4, -0.2) is 36.1 Å². The second kappa shape index (κ2) is 5.54. The van der Waals surface area contributed by atoms with Crippen molar-refractivity contribution in [2.24, 2.45) is 0 Å². The Morgan fingerprint density at radius 2 is 2.00 bits per heavy atom. The molecule has 0 atom stereocenters. The lowest BCUT2D eigenvalue weighted by atomic mass is 10.0. The van der Waals surface area contributed by atoms with Crippen molar-refractivity contribution in [3.8, 4) is 0 Å². The van der Waals surface area contributed by atoms with Crippen LogP contribution < -0.4 is 11.5 Å². The molecule has 94 valence electrons. The van der Waals surface area contributed by atoms with Crippen molar-refractivity contribution in [1.82, 2.24) is 4.90 Å². The maximum atomic E-state index is 10.9. The van der Waals surface area contributed by atoms with Crippen LogP contribution in [0.3, 0.4) is 0 Å². The van der Waals surface area contributed by atoms with Crippen molar-refractivity contribution in [3.05, 3.63) is 23.3 Å². The number of aromatic carboxylic acids is 1. The molecule has 0 saturated heterocycles. The van der Waals surface area contributed by atoms with Crippen molar-refractivity contribution in [2.45, 2.75) is 13.3 Å². The predicted octanol–water partition coefficient (Wildman–Crippen LogP) is 1.04. The Morgan fingerprint density at radius 1 is 1.35 bits per heavy atom. The number of nitrogen functional groups attached to an aromatic ring is 2. The summed E-state index contributed by atoms with van der Waals surface area (Å²) in [6, 6.07) is 3.24. The van der Waals surface area contributed by atoms with Crippen molar-refractivity contribution in [3.63, 3.8) is 0 Å². The van der Waals surface area contributed by atoms with Crippen molar-refractivity contribution in [2.75, 3.05) is 31.6 Å². The molecule has 1 aromatic rings. The maximum absolute atomic E-state index is 10.9. The smallest absolute Gasteiger partial charge is 0.337 e. The van der Waals surface area contributed by atoms with E-state index in [1.165, 1.54) is 6.07 Å². The molecule has 5 N–H and O–H groups in total. The third-order valence-electron chi connectivity index (χ3n) is 2.91. The van der Waals surface area contributed by atoms with E-state index in [-0.39, 0.29) is 11.3 Å². The normalized spacial score (nSPS) is 10.8. The van der Waals surface area contributed by atoms with Gasteiger partial charge in [-0.05, 0) is 31.6 Å². The van der Waals surface area contributed by atoms with E-state index < -0.39 is 5.97 Å². The molecule has 1 aromatic carbocycles. The van der Waals surface area contributed by atoms with Gasteiger partial charge in [-0.1, -0.05) is 13.0 Å². The highest BCUT2D eigenvalue weighted by molar-refractivity contribution is 5.97. The van der Waals surface area contributed by atoms with Crippen molar-refractivity contribution >= 4 is 17.3 Å². The van der Waals surface area contributed by atoms with Gasteiger partial charge in [0.05, 0.1) is 16.9 Å². The molecule has 0 bridgehead atoms. The zero-order valence-electron chi connectivity index (χ0n) is 10.2. The summed E-state index contributed by atoms with van der Waals surface area (Å²) in [6.45, 7) is 3.90. The molecule has 0 saturated carbocycles. The Labute approximate surface area is 101 Å². The Hall–Kier alpha value is -1.75. The van der Waals surface area contributed by atoms with Gasteiger partial charge in [0.25, 0.3) is 0 Å². The van der Waals surface area contributed by atoms with Gasteiger partial charge in [0.1, 0.15) is 0 Å². The van der Waals surface area contributed by atoms with Crippen LogP contribution in [0, 0.1) is 0 Å². The Kier molecular flexibility index (Phi) is 4.34. The number of carbonyl (C=O) groups is 1. The number of benzene rings is 1. The lowest BCUT2D eigenvalue weighted by molar-refractivity contribution is 0.0698. The zero-order chi connectivity index (χ0) is 13.0. The van der Waals surface area contributed by atoms with Gasteiger partial charge in [0.15, 0.2) is 0 Å². The molecule has 0 fully saturated rings. The van der Waals surface area contributed by atoms with Crippen LogP contribution in [0.1, 0.15) is 22.8 Å². The van der Waals surface area contributed by atoms with E-state index in [1.54, 1.807) is 6.07 Å². The van der Waals surface area contributed by atoms with Gasteiger partial charge >= 0.3 is 5.97 Å². The van der Waals surface area contributed by atoms with E-state index in [0.717, 1.165) is 25.1 Å². The molecular weight excluding hydrogens is 218 g/mol. The first-order valence-corrected chi connectivity index (χ1v) is 5.56. The monoisotopic (exact) mass is 237 g/mol. The third kappa shape index (κ3) is 3.10. The van der Waals surface area contributed by atoms with Gasteiger partial charge in [-0.15, -0.1) is 0 Å². The number of anilines is 2. The summed E-state index contributed by atoms with van der Waals surface area (Å²) >= 11 is 0. The van der Waals surface area contributed by atoms with Crippen molar-refractivity contribution in [1.29, 1.82) is 0 Å². The summed E-state index contributed by atoms with van der Waals surface area (Å²) in [6.07, 6.45) is 0.764. The van der Waals surface area contributed by atoms with Crippen LogP contribution in [0.15, 0.2) is 12.1 Å². The summed E-state index contributed by atoms with van der Waals surface area (Å²) in [5.74, 6) is -1.05. The van der Waals surface area contributed by atoms with Gasteiger partial charge in [-0.2, -0.15) is 0 Å². The average Bonchev–Trinajstić information content (AvgIpc) is 2.30. The molecule has 5 nitrogen and oxygen atoms in total. The molecule has 0 unspecified atom stereocenters. The van der Waals surface area contributed by atoms with Gasteiger partial charge < -0.3 is 21.5 Å². The predicted molar refractivity (Wildman–Crippen MR) is 69.1 cm³/mol. The first-order chi connectivity index (χ1) is 7.97. The Balaban J connectivity index is 2.89. The maximum Gasteiger partial charge on any atom is 0.337 e. The second-order valence-electron chi connectivity index (χ2n) is 4.05. The minimum atomic E-state index is -1.05. The van der Waals surface area contributed by atoms with E-state index >= 15 is 0 Å². The number of likely N-dealkylation sites (N-methyl/N-ethyl adjacent to an activating group) is 1. The minimum absolute atomic E-state index is 0.0649. The van der Waals surface area contributed by atoms with Crippen LogP contribution in [-0.2, 0) is 6.42 Å². The quantitative estimate of drug-likeness (QED) is 0.665. The molecule has 17 heavy (non-hydrogen) atoms. The van der Waals surface area contributed by atoms with Gasteiger partial charge in [0, 0.05) is 6.54 Å². The molecule has 0 spiro atoms. The van der Waals surface area contributed by atoms with Crippen LogP contribution in [0.2, 0.25) is 0 Å². The highest BCUT2D eigenvalue weighted by Gasteiger charge is 2.13. The summed E-state index contributed by atoms with van der Waals surface area (Å²) in [4.78, 5) is 13.0. The molecule has 0 aliphatic carbocycles. The summed E-state index contributed by atoms with van der Waals surface area (Å²) in [5.41, 5.74) is 13.1. The molecule has 5 heteroatoms. The summed E-state index contributed by atoms with van der Waals surface area (Å²) < 4.78 is 0. The Morgan fingerprint density at radius 3 is 2.53 bits per heavy atom. The lowest BCUT2D eigenvalue weighted by Crippen LogP contribution is -2.21. The zero-order valence-corrected chi connectivity index (χ0v) is 10.2. The molecule has 0 radical (unpaired) electrons. The van der Waals surface area contributed by atoms with E-state index in [4.69, 9.17) is 16.6 Å². The first kappa shape index (κ1) is 13.3. The molecular formula is C12H19N3O2. The molecule has 0 aromatic heterocycles. The standard InChI is InChI=1S/C12H19N3O2/c1-3-15(2)7-6-8-4-5-9(12(16)17)11(14)10(8)13/h4-5H,3,6-7,13-14H2,1-2H3,(H,16,17). The molecule has 0 amide bonds. The first-order valence-electron chi connectivity index (χ1n) is 5.56. The molecule has 0 heterocycles. The third-order valence-corrected chi connectivity index (χ3v) is 2.91. The van der Waals surface area contributed by atoms with Crippen LogP contribution in [0.25, 0.3) is 0 Å². The number of hydrogen-bond donors (Lipinski definition) is 3. The van der Waals surface area contributed by atoms with E-state index in [1.807, 2.05) is 7.05 Å². The number of carboxylic acid groups (broad SMARTS) is 1. The van der Waals surface area contributed by atoms with Crippen LogP contribution in [0.5, 0.6) is 0 Å². The fourth-order valence-corrected chi connectivity index (χ4v) is 1.56. The van der Waals surface area contributed by atoms with Crippen LogP contribution in [0.4, 0.5) is 11.4 Å². The Bertz CT molecular complexity index is 418. The lowest BCUT2D eigenvalue weighted by Gasteiger charge is -2.15. The highest BCUT2D eigenvalue weighted by Crippen LogP contribution is 2.25. The van der Waals surface area contributed by atoms with Crippen molar-refractivity contribution < 1.29 is 9.90 Å². The summed E-state index contributed by atoms with van der Waals surface area (Å²) in [5, 5.41) is 8.89. The number of nitrogens with zero attached hydrogens (tertiary/aromatic N) is 1. The van der Waals surface area contributed by atoms with Gasteiger partial charge in [-0.25, -0.2) is 4.79 Å². The van der Waals surface area contributed by atoms with Gasteiger partial charge in [0.2, 0.25) is 0 Å². The molecule has 0 aliphatic heterocycles. The number of nitrogens with two attached hydrogens (primary N) is 2. The molecule has 1 rings (SSSR count). The minimum Gasteiger partial charge on any atom is -0.478 e. The average molecular weight is 237 g/mol. The summed E-state index contributed by atoms with van der Waals surface area (Å²) in [7, 11) is 2.02. The van der Waals surface area contributed by atoms with E-state index in [0.29, 0.717) is 5.69 Å². The number of hydrogen-bond acceptors (Lipinski definition) is 4. The largest absolute Gasteiger partial charge is 0.478 e. The molecule has 0 aliphatic rings. The number of carboxylic acids is 1. The fraction of sp³-hybridized carbons (Fsp3) is 0.417. The number of rotatable bonds is 5. The van der Waals surface area contributed by atoms with E-state index in [9.17, 15) is 4.79 Å². The fourth-order valence-electron chi connectivity index (χ4n) is 1.56. The van der Waals surface area contributed by atoms with Crippen LogP contribution >= 0.6 is 0 Å².